The molecule has 2 nitrogen and oxygen atoms in total. The fourth-order valence-corrected chi connectivity index (χ4v) is 6.48. The highest BCUT2D eigenvalue weighted by Crippen LogP contribution is 2.49. The fourth-order valence-electron chi connectivity index (χ4n) is 6.48. The molecule has 0 aliphatic carbocycles. The molecule has 0 saturated heterocycles. The molecule has 8 aromatic rings. The minimum Gasteiger partial charge on any atom is -0.456 e. The van der Waals surface area contributed by atoms with Gasteiger partial charge in [0.25, 0.3) is 0 Å². The Morgan fingerprint density at radius 2 is 1.05 bits per heavy atom. The quantitative estimate of drug-likeness (QED) is 0.224. The van der Waals surface area contributed by atoms with Gasteiger partial charge < -0.3 is 9.15 Å². The second-order valence-electron chi connectivity index (χ2n) is 10.9. The van der Waals surface area contributed by atoms with Crippen molar-refractivity contribution in [3.8, 4) is 56.0 Å². The Hall–Kier alpha value is -5.60. The molecule has 0 atom stereocenters. The summed E-state index contributed by atoms with van der Waals surface area (Å²) in [7, 11) is 0. The van der Waals surface area contributed by atoms with Gasteiger partial charge in [-0.1, -0.05) is 97.1 Å². The second-order valence-corrected chi connectivity index (χ2v) is 10.9. The molecule has 1 aromatic heterocycles. The van der Waals surface area contributed by atoms with Crippen LogP contribution in [0.2, 0.25) is 0 Å². The van der Waals surface area contributed by atoms with Crippen molar-refractivity contribution in [3.63, 3.8) is 0 Å². The van der Waals surface area contributed by atoms with Crippen molar-refractivity contribution in [2.45, 2.75) is 0 Å². The fraction of sp³-hybridized carbons (Fsp3) is 0. The molecule has 1 aliphatic heterocycles. The number of hydrogen-bond acceptors (Lipinski definition) is 2. The van der Waals surface area contributed by atoms with E-state index in [4.69, 9.17) is 9.15 Å². The third-order valence-corrected chi connectivity index (χ3v) is 8.46. The van der Waals surface area contributed by atoms with E-state index in [1.54, 1.807) is 0 Å². The lowest BCUT2D eigenvalue weighted by Crippen LogP contribution is -1.97. The van der Waals surface area contributed by atoms with Gasteiger partial charge in [-0.05, 0) is 92.9 Å². The van der Waals surface area contributed by atoms with Crippen LogP contribution >= 0.6 is 0 Å². The van der Waals surface area contributed by atoms with Crippen LogP contribution in [0.4, 0.5) is 0 Å². The molecule has 0 N–H and O–H groups in total. The average molecular weight is 537 g/mol. The van der Waals surface area contributed by atoms with Crippen molar-refractivity contribution in [1.29, 1.82) is 0 Å². The van der Waals surface area contributed by atoms with Gasteiger partial charge in [-0.3, -0.25) is 0 Å². The van der Waals surface area contributed by atoms with Crippen molar-refractivity contribution in [1.82, 2.24) is 0 Å². The largest absolute Gasteiger partial charge is 0.456 e. The molecule has 0 spiro atoms. The molecule has 2 heterocycles. The predicted molar refractivity (Wildman–Crippen MR) is 173 cm³/mol. The first kappa shape index (κ1) is 23.1. The molecule has 9 rings (SSSR count). The van der Waals surface area contributed by atoms with Gasteiger partial charge in [0.05, 0.1) is 0 Å². The lowest BCUT2D eigenvalue weighted by atomic mass is 9.88. The van der Waals surface area contributed by atoms with Gasteiger partial charge in [0.1, 0.15) is 22.7 Å². The Balaban J connectivity index is 1.29. The third kappa shape index (κ3) is 3.52. The summed E-state index contributed by atoms with van der Waals surface area (Å²) < 4.78 is 12.5. The lowest BCUT2D eigenvalue weighted by molar-refractivity contribution is 0.487. The van der Waals surface area contributed by atoms with Gasteiger partial charge in [-0.2, -0.15) is 0 Å². The smallest absolute Gasteiger partial charge is 0.135 e. The van der Waals surface area contributed by atoms with Gasteiger partial charge in [0.15, 0.2) is 0 Å². The van der Waals surface area contributed by atoms with E-state index in [0.717, 1.165) is 50.0 Å². The summed E-state index contributed by atoms with van der Waals surface area (Å²) in [6.07, 6.45) is 0. The van der Waals surface area contributed by atoms with Gasteiger partial charge in [0, 0.05) is 21.7 Å². The van der Waals surface area contributed by atoms with Crippen LogP contribution in [0.3, 0.4) is 0 Å². The predicted octanol–water partition coefficient (Wildman–Crippen LogP) is 11.5. The highest BCUT2D eigenvalue weighted by Gasteiger charge is 2.21. The summed E-state index contributed by atoms with van der Waals surface area (Å²) in [6.45, 7) is 0. The van der Waals surface area contributed by atoms with Crippen LogP contribution in [0.15, 0.2) is 150 Å². The van der Waals surface area contributed by atoms with Crippen molar-refractivity contribution in [2.24, 2.45) is 0 Å². The van der Waals surface area contributed by atoms with Gasteiger partial charge >= 0.3 is 0 Å². The maximum absolute atomic E-state index is 6.39. The molecular formula is C40H24O2. The van der Waals surface area contributed by atoms with Gasteiger partial charge in [0.2, 0.25) is 0 Å². The number of ether oxygens (including phenoxy) is 1. The van der Waals surface area contributed by atoms with E-state index in [-0.39, 0.29) is 0 Å². The summed E-state index contributed by atoms with van der Waals surface area (Å²) in [5.41, 5.74) is 11.2. The normalized spacial score (nSPS) is 12.0. The van der Waals surface area contributed by atoms with E-state index < -0.39 is 0 Å². The Labute approximate surface area is 243 Å². The molecule has 196 valence electrons. The van der Waals surface area contributed by atoms with Crippen molar-refractivity contribution < 1.29 is 9.15 Å². The molecular weight excluding hydrogens is 512 g/mol. The molecule has 2 heteroatoms. The monoisotopic (exact) mass is 536 g/mol. The van der Waals surface area contributed by atoms with Crippen LogP contribution in [0.25, 0.3) is 77.2 Å². The SMILES string of the molecule is c1ccc(-c2cc(-c3ccc4oc5ccccc5c4c3)cc(-c3ccc4c5c(cccc35)-c3ccccc3O4)c2)cc1. The molecule has 7 aromatic carbocycles. The number of benzene rings is 7. The summed E-state index contributed by atoms with van der Waals surface area (Å²) in [4.78, 5) is 0. The maximum Gasteiger partial charge on any atom is 0.135 e. The van der Waals surface area contributed by atoms with E-state index in [0.29, 0.717) is 0 Å². The molecule has 1 aliphatic rings. The third-order valence-electron chi connectivity index (χ3n) is 8.46. The van der Waals surface area contributed by atoms with E-state index in [1.807, 2.05) is 24.3 Å². The Kier molecular flexibility index (Phi) is 4.93. The van der Waals surface area contributed by atoms with Crippen LogP contribution < -0.4 is 4.74 Å². The van der Waals surface area contributed by atoms with Crippen LogP contribution in [0.5, 0.6) is 11.5 Å². The van der Waals surface area contributed by atoms with E-state index >= 15 is 0 Å². The van der Waals surface area contributed by atoms with Crippen LogP contribution in [0, 0.1) is 0 Å². The second kappa shape index (κ2) is 8.95. The lowest BCUT2D eigenvalue weighted by Gasteiger charge is -2.22. The highest BCUT2D eigenvalue weighted by atomic mass is 16.5. The van der Waals surface area contributed by atoms with Crippen molar-refractivity contribution in [3.05, 3.63) is 146 Å². The first-order chi connectivity index (χ1) is 20.8. The Morgan fingerprint density at radius 3 is 1.98 bits per heavy atom. The number of fused-ring (bicyclic) bond motifs is 5. The van der Waals surface area contributed by atoms with Crippen LogP contribution in [-0.2, 0) is 0 Å². The number of para-hydroxylation sites is 2. The zero-order valence-electron chi connectivity index (χ0n) is 22.7. The topological polar surface area (TPSA) is 22.4 Å². The number of furan rings is 1. The molecule has 0 saturated carbocycles. The summed E-state index contributed by atoms with van der Waals surface area (Å²) in [5, 5.41) is 4.61. The minimum absolute atomic E-state index is 0.903. The van der Waals surface area contributed by atoms with Gasteiger partial charge in [-0.25, -0.2) is 0 Å². The van der Waals surface area contributed by atoms with E-state index in [1.165, 1.54) is 38.8 Å². The van der Waals surface area contributed by atoms with Crippen molar-refractivity contribution >= 4 is 32.7 Å². The minimum atomic E-state index is 0.903. The zero-order chi connectivity index (χ0) is 27.6. The van der Waals surface area contributed by atoms with Crippen LogP contribution in [-0.4, -0.2) is 0 Å². The molecule has 0 amide bonds. The molecule has 0 bridgehead atoms. The highest BCUT2D eigenvalue weighted by molar-refractivity contribution is 6.10. The van der Waals surface area contributed by atoms with Crippen molar-refractivity contribution in [2.75, 3.05) is 0 Å². The Morgan fingerprint density at radius 1 is 0.333 bits per heavy atom. The molecule has 42 heavy (non-hydrogen) atoms. The van der Waals surface area contributed by atoms with Crippen LogP contribution in [0.1, 0.15) is 0 Å². The first-order valence-electron chi connectivity index (χ1n) is 14.3. The molecule has 0 radical (unpaired) electrons. The summed E-state index contributed by atoms with van der Waals surface area (Å²) in [6, 6.07) is 51.5. The molecule has 0 unspecified atom stereocenters. The summed E-state index contributed by atoms with van der Waals surface area (Å²) >= 11 is 0. The van der Waals surface area contributed by atoms with E-state index in [2.05, 4.69) is 121 Å². The standard InChI is InChI=1S/C40H24O2/c1-2-9-25(10-3-1)27-21-28(26-17-19-38-35(24-26)32-12-5-7-16-37(32)41-38)23-29(22-27)30-18-20-39-40-33(30)13-8-14-34(40)31-11-4-6-15-36(31)42-39/h1-24H. The Bertz CT molecular complexity index is 2330. The average Bonchev–Trinajstić information content (AvgIpc) is 3.43. The van der Waals surface area contributed by atoms with Gasteiger partial charge in [-0.15, -0.1) is 0 Å². The zero-order valence-corrected chi connectivity index (χ0v) is 22.7. The number of rotatable bonds is 3. The first-order valence-corrected chi connectivity index (χ1v) is 14.3. The maximum atomic E-state index is 6.39. The molecule has 0 fully saturated rings. The number of hydrogen-bond donors (Lipinski definition) is 0. The summed E-state index contributed by atoms with van der Waals surface area (Å²) in [5.74, 6) is 1.81. The van der Waals surface area contributed by atoms with E-state index in [9.17, 15) is 0 Å².